The fourth-order valence-electron chi connectivity index (χ4n) is 4.42. The molecule has 0 aliphatic heterocycles. The number of thiophene rings is 1. The predicted molar refractivity (Wildman–Crippen MR) is 98.7 cm³/mol. The van der Waals surface area contributed by atoms with E-state index in [-0.39, 0.29) is 28.8 Å². The topological polar surface area (TPSA) is 76.3 Å². The van der Waals surface area contributed by atoms with Gasteiger partial charge >= 0.3 is 0 Å². The minimum Gasteiger partial charge on any atom is -0.289 e. The minimum atomic E-state index is -0.296. The highest BCUT2D eigenvalue weighted by Gasteiger charge is 2.59. The number of nitrogens with one attached hydrogen (secondary N) is 1. The van der Waals surface area contributed by atoms with E-state index >= 15 is 0 Å². The van der Waals surface area contributed by atoms with Gasteiger partial charge in [0.25, 0.3) is 11.5 Å². The van der Waals surface area contributed by atoms with Crippen LogP contribution in [-0.2, 0) is 11.3 Å². The molecule has 1 amide bonds. The van der Waals surface area contributed by atoms with Crippen LogP contribution in [0.5, 0.6) is 0 Å². The van der Waals surface area contributed by atoms with Crippen molar-refractivity contribution in [2.24, 2.45) is 21.8 Å². The first-order chi connectivity index (χ1) is 11.8. The first kappa shape index (κ1) is 16.4. The lowest BCUT2D eigenvalue weighted by Crippen LogP contribution is -2.35. The maximum atomic E-state index is 12.3. The van der Waals surface area contributed by atoms with Crippen LogP contribution < -0.4 is 11.0 Å². The van der Waals surface area contributed by atoms with Crippen molar-refractivity contribution in [3.8, 4) is 0 Å². The number of aromatic nitrogens is 2. The Labute approximate surface area is 150 Å². The largest absolute Gasteiger partial charge is 0.289 e. The van der Waals surface area contributed by atoms with Gasteiger partial charge in [0.05, 0.1) is 11.7 Å². The summed E-state index contributed by atoms with van der Waals surface area (Å²) in [5.74, 6) is 0.344. The van der Waals surface area contributed by atoms with Crippen molar-refractivity contribution in [2.45, 2.75) is 46.6 Å². The van der Waals surface area contributed by atoms with Gasteiger partial charge in [0.2, 0.25) is 0 Å². The zero-order valence-corrected chi connectivity index (χ0v) is 15.5. The summed E-state index contributed by atoms with van der Waals surface area (Å²) in [6, 6.07) is 1.74. The highest BCUT2D eigenvalue weighted by Crippen LogP contribution is 2.63. The fraction of sp³-hybridized carbons (Fsp3) is 0.556. The van der Waals surface area contributed by atoms with Gasteiger partial charge in [0.1, 0.15) is 11.4 Å². The molecule has 2 aromatic heterocycles. The van der Waals surface area contributed by atoms with Crippen LogP contribution in [0.1, 0.15) is 40.0 Å². The molecule has 0 saturated heterocycles. The number of nitrogens with zero attached hydrogens (tertiary/aromatic N) is 3. The molecule has 0 spiro atoms. The van der Waals surface area contributed by atoms with E-state index in [0.29, 0.717) is 16.1 Å². The van der Waals surface area contributed by atoms with E-state index in [0.717, 1.165) is 18.6 Å². The summed E-state index contributed by atoms with van der Waals surface area (Å²) in [6.45, 7) is 6.79. The molecule has 2 atom stereocenters. The van der Waals surface area contributed by atoms with Gasteiger partial charge in [-0.25, -0.2) is 10.4 Å². The van der Waals surface area contributed by atoms with Crippen LogP contribution in [-0.4, -0.2) is 21.2 Å². The summed E-state index contributed by atoms with van der Waals surface area (Å²) >= 11 is 1.42. The van der Waals surface area contributed by atoms with Crippen molar-refractivity contribution >= 4 is 33.2 Å². The standard InChI is InChI=1S/C18H22N4O2S/c1-17(2)11-4-6-18(17,3)13(8-11)20-21-14(23)9-22-10-19-15-12(16(22)24)5-7-25-15/h5,7,10-11H,4,6,8-9H2,1-3H3,(H,21,23). The zero-order valence-electron chi connectivity index (χ0n) is 14.7. The Balaban J connectivity index is 1.50. The van der Waals surface area contributed by atoms with Gasteiger partial charge in [-0.15, -0.1) is 11.3 Å². The highest BCUT2D eigenvalue weighted by atomic mass is 32.1. The van der Waals surface area contributed by atoms with Crippen molar-refractivity contribution < 1.29 is 4.79 Å². The number of amides is 1. The maximum absolute atomic E-state index is 12.3. The summed E-state index contributed by atoms with van der Waals surface area (Å²) in [5, 5.41) is 6.81. The van der Waals surface area contributed by atoms with Gasteiger partial charge in [0, 0.05) is 11.1 Å². The molecule has 0 aromatic carbocycles. The van der Waals surface area contributed by atoms with E-state index in [4.69, 9.17) is 0 Å². The Hall–Kier alpha value is -2.02. The molecule has 2 fully saturated rings. The quantitative estimate of drug-likeness (QED) is 0.857. The first-order valence-corrected chi connectivity index (χ1v) is 9.49. The third-order valence-electron chi connectivity index (χ3n) is 6.59. The molecule has 25 heavy (non-hydrogen) atoms. The number of hydrazone groups is 1. The van der Waals surface area contributed by atoms with Gasteiger partial charge < -0.3 is 0 Å². The molecule has 2 bridgehead atoms. The zero-order chi connectivity index (χ0) is 17.8. The number of carbonyl (C=O) groups is 1. The molecule has 2 saturated carbocycles. The normalized spacial score (nSPS) is 28.8. The van der Waals surface area contributed by atoms with Crippen LogP contribution in [0.2, 0.25) is 0 Å². The predicted octanol–water partition coefficient (Wildman–Crippen LogP) is 2.78. The molecule has 1 N–H and O–H groups in total. The van der Waals surface area contributed by atoms with E-state index in [2.05, 4.69) is 36.3 Å². The van der Waals surface area contributed by atoms with E-state index in [9.17, 15) is 9.59 Å². The molecular formula is C18H22N4O2S. The van der Waals surface area contributed by atoms with Crippen molar-refractivity contribution in [1.82, 2.24) is 15.0 Å². The molecular weight excluding hydrogens is 336 g/mol. The number of carbonyl (C=O) groups excluding carboxylic acids is 1. The van der Waals surface area contributed by atoms with Crippen molar-refractivity contribution in [1.29, 1.82) is 0 Å². The van der Waals surface area contributed by atoms with Crippen LogP contribution in [0, 0.1) is 16.7 Å². The lowest BCUT2D eigenvalue weighted by Gasteiger charge is -2.34. The average molecular weight is 358 g/mol. The Kier molecular flexibility index (Phi) is 3.61. The van der Waals surface area contributed by atoms with E-state index in [1.54, 1.807) is 6.07 Å². The Morgan fingerprint density at radius 3 is 2.96 bits per heavy atom. The molecule has 2 aliphatic carbocycles. The molecule has 2 unspecified atom stereocenters. The number of rotatable bonds is 3. The summed E-state index contributed by atoms with van der Waals surface area (Å²) in [6.07, 6.45) is 4.73. The third kappa shape index (κ3) is 2.36. The molecule has 4 rings (SSSR count). The molecule has 2 heterocycles. The Morgan fingerprint density at radius 1 is 1.48 bits per heavy atom. The second-order valence-electron chi connectivity index (χ2n) is 7.90. The van der Waals surface area contributed by atoms with E-state index in [1.165, 1.54) is 28.7 Å². The van der Waals surface area contributed by atoms with Crippen LogP contribution >= 0.6 is 11.3 Å². The van der Waals surface area contributed by atoms with Gasteiger partial charge in [0.15, 0.2) is 0 Å². The average Bonchev–Trinajstić information content (AvgIpc) is 3.18. The second kappa shape index (κ2) is 5.49. The van der Waals surface area contributed by atoms with Gasteiger partial charge in [-0.05, 0) is 42.0 Å². The van der Waals surface area contributed by atoms with E-state index < -0.39 is 0 Å². The first-order valence-electron chi connectivity index (χ1n) is 8.61. The van der Waals surface area contributed by atoms with Gasteiger partial charge in [-0.3, -0.25) is 14.2 Å². The Bertz CT molecular complexity index is 942. The molecule has 0 radical (unpaired) electrons. The SMILES string of the molecule is CC12CCC(CC1=NNC(=O)Cn1cnc3sccc3c1=O)C2(C)C. The smallest absolute Gasteiger partial charge is 0.262 e. The molecule has 132 valence electrons. The van der Waals surface area contributed by atoms with Gasteiger partial charge in [-0.2, -0.15) is 5.10 Å². The minimum absolute atomic E-state index is 0.0545. The molecule has 2 aliphatic rings. The lowest BCUT2D eigenvalue weighted by molar-refractivity contribution is -0.121. The monoisotopic (exact) mass is 358 g/mol. The Morgan fingerprint density at radius 2 is 2.28 bits per heavy atom. The number of fused-ring (bicyclic) bond motifs is 3. The highest BCUT2D eigenvalue weighted by molar-refractivity contribution is 7.16. The van der Waals surface area contributed by atoms with E-state index in [1.807, 2.05) is 5.38 Å². The third-order valence-corrected chi connectivity index (χ3v) is 7.41. The fourth-order valence-corrected chi connectivity index (χ4v) is 5.15. The summed E-state index contributed by atoms with van der Waals surface area (Å²) in [7, 11) is 0. The maximum Gasteiger partial charge on any atom is 0.262 e. The summed E-state index contributed by atoms with van der Waals surface area (Å²) < 4.78 is 1.33. The lowest BCUT2D eigenvalue weighted by atomic mass is 9.70. The van der Waals surface area contributed by atoms with Crippen LogP contribution in [0.3, 0.4) is 0 Å². The van der Waals surface area contributed by atoms with Gasteiger partial charge in [-0.1, -0.05) is 20.8 Å². The molecule has 6 nitrogen and oxygen atoms in total. The summed E-state index contributed by atoms with van der Waals surface area (Å²) in [4.78, 5) is 29.5. The van der Waals surface area contributed by atoms with Crippen molar-refractivity contribution in [2.75, 3.05) is 0 Å². The van der Waals surface area contributed by atoms with Crippen LogP contribution in [0.4, 0.5) is 0 Å². The van der Waals surface area contributed by atoms with Crippen molar-refractivity contribution in [3.05, 3.63) is 28.1 Å². The molecule has 7 heteroatoms. The van der Waals surface area contributed by atoms with Crippen LogP contribution in [0.15, 0.2) is 27.7 Å². The molecule has 2 aromatic rings. The number of hydrogen-bond donors (Lipinski definition) is 1. The van der Waals surface area contributed by atoms with Crippen molar-refractivity contribution in [3.63, 3.8) is 0 Å². The van der Waals surface area contributed by atoms with Crippen LogP contribution in [0.25, 0.3) is 10.2 Å². The number of hydrogen-bond acceptors (Lipinski definition) is 5. The summed E-state index contributed by atoms with van der Waals surface area (Å²) in [5.41, 5.74) is 3.82. The second-order valence-corrected chi connectivity index (χ2v) is 8.80.